The van der Waals surface area contributed by atoms with Crippen LogP contribution in [-0.2, 0) is 16.1 Å². The van der Waals surface area contributed by atoms with Crippen molar-refractivity contribution in [3.63, 3.8) is 0 Å². The first-order valence-corrected chi connectivity index (χ1v) is 8.42. The van der Waals surface area contributed by atoms with Crippen LogP contribution >= 0.6 is 0 Å². The van der Waals surface area contributed by atoms with Crippen LogP contribution in [0.2, 0.25) is 0 Å². The number of carbonyl (C=O) groups is 4. The van der Waals surface area contributed by atoms with Crippen molar-refractivity contribution in [2.24, 2.45) is 0 Å². The number of hydrogen-bond donors (Lipinski definition) is 2. The second-order valence-corrected chi connectivity index (χ2v) is 6.64. The van der Waals surface area contributed by atoms with Gasteiger partial charge in [-0.1, -0.05) is 37.1 Å². The highest BCUT2D eigenvalue weighted by Crippen LogP contribution is 2.35. The monoisotopic (exact) mass is 343 g/mol. The van der Waals surface area contributed by atoms with E-state index in [1.54, 1.807) is 24.3 Å². The third-order valence-electron chi connectivity index (χ3n) is 4.82. The molecule has 1 aliphatic carbocycles. The Balaban J connectivity index is 1.65. The Morgan fingerprint density at radius 1 is 1.16 bits per heavy atom. The largest absolute Gasteiger partial charge is 0.352 e. The van der Waals surface area contributed by atoms with Gasteiger partial charge in [0.1, 0.15) is 5.54 Å². The molecule has 2 fully saturated rings. The van der Waals surface area contributed by atoms with Crippen LogP contribution in [0, 0.1) is 0 Å². The Labute approximate surface area is 145 Å². The molecule has 1 aromatic carbocycles. The Morgan fingerprint density at radius 3 is 2.40 bits per heavy atom. The van der Waals surface area contributed by atoms with E-state index in [0.717, 1.165) is 23.3 Å². The lowest BCUT2D eigenvalue weighted by Crippen LogP contribution is -2.44. The molecule has 2 aliphatic rings. The molecule has 1 saturated carbocycles. The molecular weight excluding hydrogens is 322 g/mol. The summed E-state index contributed by atoms with van der Waals surface area (Å²) in [4.78, 5) is 49.0. The van der Waals surface area contributed by atoms with Gasteiger partial charge >= 0.3 is 6.03 Å². The maximum Gasteiger partial charge on any atom is 0.325 e. The van der Waals surface area contributed by atoms with Crippen molar-refractivity contribution in [3.05, 3.63) is 35.4 Å². The fraction of sp³-hybridized carbons (Fsp3) is 0.444. The average Bonchev–Trinajstić information content (AvgIpc) is 3.14. The lowest BCUT2D eigenvalue weighted by Gasteiger charge is -2.19. The Bertz CT molecular complexity index is 720. The second kappa shape index (κ2) is 6.66. The van der Waals surface area contributed by atoms with Gasteiger partial charge < -0.3 is 10.6 Å². The van der Waals surface area contributed by atoms with E-state index in [-0.39, 0.29) is 24.1 Å². The highest BCUT2D eigenvalue weighted by Gasteiger charge is 2.52. The van der Waals surface area contributed by atoms with E-state index in [2.05, 4.69) is 10.6 Å². The lowest BCUT2D eigenvalue weighted by molar-refractivity contribution is -0.130. The van der Waals surface area contributed by atoms with Crippen molar-refractivity contribution in [1.29, 1.82) is 0 Å². The number of benzene rings is 1. The normalized spacial score (nSPS) is 18.5. The zero-order valence-corrected chi connectivity index (χ0v) is 14.1. The van der Waals surface area contributed by atoms with Crippen LogP contribution in [0.1, 0.15) is 48.5 Å². The van der Waals surface area contributed by atoms with Gasteiger partial charge in [0, 0.05) is 19.0 Å². The van der Waals surface area contributed by atoms with Crippen molar-refractivity contribution < 1.29 is 19.2 Å². The molecule has 1 saturated heterocycles. The fourth-order valence-corrected chi connectivity index (χ4v) is 3.41. The molecule has 2 N–H and O–H groups in total. The highest BCUT2D eigenvalue weighted by molar-refractivity contribution is 6.11. The molecule has 0 aromatic heterocycles. The molecule has 1 spiro atoms. The molecule has 7 nitrogen and oxygen atoms in total. The van der Waals surface area contributed by atoms with E-state index in [4.69, 9.17) is 0 Å². The van der Waals surface area contributed by atoms with Gasteiger partial charge in [-0.2, -0.15) is 0 Å². The molecule has 3 rings (SSSR count). The topological polar surface area (TPSA) is 95.6 Å². The van der Waals surface area contributed by atoms with E-state index in [9.17, 15) is 19.2 Å². The molecule has 1 aromatic rings. The van der Waals surface area contributed by atoms with Crippen LogP contribution in [0.5, 0.6) is 0 Å². The molecule has 1 heterocycles. The van der Waals surface area contributed by atoms with E-state index < -0.39 is 11.6 Å². The predicted molar refractivity (Wildman–Crippen MR) is 89.7 cm³/mol. The summed E-state index contributed by atoms with van der Waals surface area (Å²) in [7, 11) is 0. The van der Waals surface area contributed by atoms with Gasteiger partial charge in [0.15, 0.2) is 5.78 Å². The SMILES string of the molecule is CC(=O)NCc1ccc(C(=O)CN2C(=O)NC3(CCCC3)C2=O)cc1. The molecule has 4 amide bonds. The van der Waals surface area contributed by atoms with Crippen molar-refractivity contribution in [3.8, 4) is 0 Å². The maximum absolute atomic E-state index is 12.6. The van der Waals surface area contributed by atoms with Crippen LogP contribution in [0.15, 0.2) is 24.3 Å². The number of imide groups is 1. The smallest absolute Gasteiger partial charge is 0.325 e. The molecule has 0 bridgehead atoms. The summed E-state index contributed by atoms with van der Waals surface area (Å²) in [6.07, 6.45) is 3.09. The quantitative estimate of drug-likeness (QED) is 0.623. The first-order valence-electron chi connectivity index (χ1n) is 8.42. The van der Waals surface area contributed by atoms with Gasteiger partial charge in [0.25, 0.3) is 5.91 Å². The van der Waals surface area contributed by atoms with E-state index in [1.165, 1.54) is 6.92 Å². The fourth-order valence-electron chi connectivity index (χ4n) is 3.41. The number of nitrogens with one attached hydrogen (secondary N) is 2. The standard InChI is InChI=1S/C18H21N3O4/c1-12(22)19-10-13-4-6-14(7-5-13)15(23)11-21-16(24)18(20-17(21)25)8-2-3-9-18/h4-7H,2-3,8-11H2,1H3,(H,19,22)(H,20,25). The van der Waals surface area contributed by atoms with Crippen LogP contribution in [-0.4, -0.2) is 40.6 Å². The van der Waals surface area contributed by atoms with Crippen LogP contribution in [0.25, 0.3) is 0 Å². The molecular formula is C18H21N3O4. The first-order chi connectivity index (χ1) is 11.9. The van der Waals surface area contributed by atoms with Gasteiger partial charge in [-0.15, -0.1) is 0 Å². The summed E-state index contributed by atoms with van der Waals surface area (Å²) in [5.74, 6) is -0.699. The van der Waals surface area contributed by atoms with Crippen molar-refractivity contribution in [2.75, 3.05) is 6.54 Å². The minimum absolute atomic E-state index is 0.125. The predicted octanol–water partition coefficient (Wildman–Crippen LogP) is 1.37. The molecule has 7 heteroatoms. The van der Waals surface area contributed by atoms with Gasteiger partial charge in [-0.25, -0.2) is 4.79 Å². The van der Waals surface area contributed by atoms with Gasteiger partial charge in [0.05, 0.1) is 6.54 Å². The molecule has 0 radical (unpaired) electrons. The Morgan fingerprint density at radius 2 is 1.80 bits per heavy atom. The van der Waals surface area contributed by atoms with Gasteiger partial charge in [-0.3, -0.25) is 19.3 Å². The zero-order chi connectivity index (χ0) is 18.0. The van der Waals surface area contributed by atoms with Crippen LogP contribution in [0.4, 0.5) is 4.79 Å². The highest BCUT2D eigenvalue weighted by atomic mass is 16.2. The number of nitrogens with zero attached hydrogens (tertiary/aromatic N) is 1. The number of amides is 4. The van der Waals surface area contributed by atoms with Crippen molar-refractivity contribution in [1.82, 2.24) is 15.5 Å². The summed E-state index contributed by atoms with van der Waals surface area (Å²) < 4.78 is 0. The Kier molecular flexibility index (Phi) is 4.57. The van der Waals surface area contributed by atoms with Crippen molar-refractivity contribution in [2.45, 2.75) is 44.7 Å². The molecule has 25 heavy (non-hydrogen) atoms. The van der Waals surface area contributed by atoms with E-state index >= 15 is 0 Å². The average molecular weight is 343 g/mol. The third kappa shape index (κ3) is 3.40. The number of ketones is 1. The maximum atomic E-state index is 12.6. The van der Waals surface area contributed by atoms with Crippen LogP contribution in [0.3, 0.4) is 0 Å². The number of Topliss-reactive ketones (excluding diaryl/α,β-unsaturated/α-hetero) is 1. The first kappa shape index (κ1) is 17.1. The molecule has 0 atom stereocenters. The molecule has 1 aliphatic heterocycles. The summed E-state index contributed by atoms with van der Waals surface area (Å²) in [6.45, 7) is 1.57. The zero-order valence-electron chi connectivity index (χ0n) is 14.1. The lowest BCUT2D eigenvalue weighted by atomic mass is 9.98. The molecule has 132 valence electrons. The van der Waals surface area contributed by atoms with Crippen LogP contribution < -0.4 is 10.6 Å². The van der Waals surface area contributed by atoms with Crippen molar-refractivity contribution >= 4 is 23.6 Å². The van der Waals surface area contributed by atoms with Gasteiger partial charge in [0.2, 0.25) is 5.91 Å². The third-order valence-corrected chi connectivity index (χ3v) is 4.82. The number of carbonyl (C=O) groups excluding carboxylic acids is 4. The van der Waals surface area contributed by atoms with Gasteiger partial charge in [-0.05, 0) is 18.4 Å². The number of hydrogen-bond acceptors (Lipinski definition) is 4. The summed E-state index contributed by atoms with van der Waals surface area (Å²) in [5, 5.41) is 5.45. The second-order valence-electron chi connectivity index (χ2n) is 6.64. The minimum atomic E-state index is -0.792. The Hall–Kier alpha value is -2.70. The minimum Gasteiger partial charge on any atom is -0.352 e. The number of rotatable bonds is 5. The molecule has 0 unspecified atom stereocenters. The summed E-state index contributed by atoms with van der Waals surface area (Å²) in [6, 6.07) is 6.29. The summed E-state index contributed by atoms with van der Waals surface area (Å²) >= 11 is 0. The van der Waals surface area contributed by atoms with E-state index in [0.29, 0.717) is 24.9 Å². The number of urea groups is 1. The van der Waals surface area contributed by atoms with E-state index in [1.807, 2.05) is 0 Å². The summed E-state index contributed by atoms with van der Waals surface area (Å²) in [5.41, 5.74) is 0.505.